The summed E-state index contributed by atoms with van der Waals surface area (Å²) in [6.07, 6.45) is 4.96. The molecule has 0 radical (unpaired) electrons. The molecule has 350 valence electrons. The van der Waals surface area contributed by atoms with Gasteiger partial charge in [0.05, 0.1) is 29.6 Å². The number of pyridine rings is 1. The Labute approximate surface area is 384 Å². The lowest BCUT2D eigenvalue weighted by Crippen LogP contribution is -2.57. The minimum atomic E-state index is -2.31. The highest BCUT2D eigenvalue weighted by atomic mass is 28.3. The highest BCUT2D eigenvalue weighted by Gasteiger charge is 2.47. The lowest BCUT2D eigenvalue weighted by atomic mass is 9.95. The number of hydrogen-bond acceptors (Lipinski definition) is 11. The van der Waals surface area contributed by atoms with Gasteiger partial charge in [0, 0.05) is 75.5 Å². The van der Waals surface area contributed by atoms with Gasteiger partial charge in [0.25, 0.3) is 0 Å². The van der Waals surface area contributed by atoms with Gasteiger partial charge in [-0.15, -0.1) is 5.54 Å². The third-order valence-corrected chi connectivity index (χ3v) is 20.5. The van der Waals surface area contributed by atoms with E-state index in [0.717, 1.165) is 58.4 Å². The topological polar surface area (TPSA) is 114 Å². The number of amides is 1. The van der Waals surface area contributed by atoms with Crippen molar-refractivity contribution in [3.05, 3.63) is 47.7 Å². The van der Waals surface area contributed by atoms with Gasteiger partial charge in [-0.25, -0.2) is 13.6 Å². The van der Waals surface area contributed by atoms with Crippen LogP contribution in [0.15, 0.2) is 30.5 Å². The molecule has 4 fully saturated rings. The first-order valence-electron chi connectivity index (χ1n) is 23.5. The first-order valence-corrected chi connectivity index (χ1v) is 25.8. The van der Waals surface area contributed by atoms with Gasteiger partial charge in [0.2, 0.25) is 0 Å². The molecule has 2 aromatic carbocycles. The SMILES string of the molecule is COCOc1cc(-c2ncc3c(N4C[C@H]5CC[C@@H](C4)N5C(=O)OC(C)(C)C)nc(OCC4(CN5CCNCC5)CC4)nc3c2F)c2c(C#C[Si](C(C)C)(C(C)C)C(C)C)c(F)ccc2c1. The molecule has 0 unspecified atom stereocenters. The molecule has 8 rings (SSSR count). The third kappa shape index (κ3) is 9.51. The second-order valence-electron chi connectivity index (χ2n) is 20.7. The number of halogens is 2. The van der Waals surface area contributed by atoms with E-state index >= 15 is 8.78 Å². The Morgan fingerprint density at radius 1 is 0.969 bits per heavy atom. The summed E-state index contributed by atoms with van der Waals surface area (Å²) in [5, 5.41) is 4.91. The van der Waals surface area contributed by atoms with E-state index in [0.29, 0.717) is 69.6 Å². The predicted molar refractivity (Wildman–Crippen MR) is 254 cm³/mol. The van der Waals surface area contributed by atoms with E-state index < -0.39 is 25.3 Å². The molecule has 1 amide bonds. The number of aromatic nitrogens is 3. The van der Waals surface area contributed by atoms with Crippen molar-refractivity contribution in [3.63, 3.8) is 0 Å². The molecule has 3 aliphatic heterocycles. The third-order valence-electron chi connectivity index (χ3n) is 14.2. The fourth-order valence-corrected chi connectivity index (χ4v) is 16.0. The van der Waals surface area contributed by atoms with Crippen molar-refractivity contribution in [2.45, 2.75) is 122 Å². The van der Waals surface area contributed by atoms with Crippen LogP contribution in [0, 0.1) is 28.5 Å². The molecule has 2 atom stereocenters. The first kappa shape index (κ1) is 46.9. The Bertz CT molecular complexity index is 2440. The second kappa shape index (κ2) is 18.6. The van der Waals surface area contributed by atoms with Crippen molar-refractivity contribution >= 4 is 41.7 Å². The summed E-state index contributed by atoms with van der Waals surface area (Å²) in [4.78, 5) is 34.6. The van der Waals surface area contributed by atoms with E-state index in [-0.39, 0.29) is 53.2 Å². The van der Waals surface area contributed by atoms with Crippen molar-refractivity contribution in [3.8, 4) is 34.5 Å². The number of hydrogen-bond donors (Lipinski definition) is 1. The molecule has 2 aromatic heterocycles. The van der Waals surface area contributed by atoms with E-state index in [1.54, 1.807) is 24.4 Å². The fourth-order valence-electron chi connectivity index (χ4n) is 10.8. The van der Waals surface area contributed by atoms with Crippen molar-refractivity contribution in [1.82, 2.24) is 30.1 Å². The Balaban J connectivity index is 1.26. The highest BCUT2D eigenvalue weighted by molar-refractivity contribution is 6.90. The Hall–Kier alpha value is -4.62. The summed E-state index contributed by atoms with van der Waals surface area (Å²) in [5.41, 5.74) is 4.52. The summed E-state index contributed by atoms with van der Waals surface area (Å²) >= 11 is 0. The summed E-state index contributed by atoms with van der Waals surface area (Å²) in [7, 11) is -0.780. The highest BCUT2D eigenvalue weighted by Crippen LogP contribution is 2.47. The molecule has 65 heavy (non-hydrogen) atoms. The number of anilines is 1. The van der Waals surface area contributed by atoms with Gasteiger partial charge < -0.3 is 34.1 Å². The maximum absolute atomic E-state index is 17.9. The zero-order chi connectivity index (χ0) is 46.4. The van der Waals surface area contributed by atoms with E-state index in [1.165, 1.54) is 13.2 Å². The molecule has 12 nitrogen and oxygen atoms in total. The number of nitrogens with one attached hydrogen (secondary N) is 1. The minimum Gasteiger partial charge on any atom is -0.468 e. The number of piperazine rings is 2. The molecule has 1 aliphatic carbocycles. The molecular weight excluding hydrogens is 845 g/mol. The molecule has 15 heteroatoms. The van der Waals surface area contributed by atoms with Crippen LogP contribution in [0.5, 0.6) is 11.8 Å². The quantitative estimate of drug-likeness (QED) is 0.0787. The van der Waals surface area contributed by atoms with E-state index in [9.17, 15) is 4.79 Å². The normalized spacial score (nSPS) is 19.9. The van der Waals surface area contributed by atoms with Crippen LogP contribution in [0.25, 0.3) is 32.9 Å². The zero-order valence-electron chi connectivity index (χ0n) is 39.9. The van der Waals surface area contributed by atoms with Gasteiger partial charge in [-0.3, -0.25) is 9.88 Å². The van der Waals surface area contributed by atoms with Gasteiger partial charge in [0.1, 0.15) is 42.3 Å². The Morgan fingerprint density at radius 2 is 1.65 bits per heavy atom. The average molecular weight is 912 g/mol. The van der Waals surface area contributed by atoms with Crippen molar-refractivity contribution < 1.29 is 32.5 Å². The van der Waals surface area contributed by atoms with Crippen LogP contribution in [0.2, 0.25) is 16.6 Å². The van der Waals surface area contributed by atoms with Crippen molar-refractivity contribution in [1.29, 1.82) is 0 Å². The Morgan fingerprint density at radius 3 is 2.26 bits per heavy atom. The van der Waals surface area contributed by atoms with Gasteiger partial charge in [0.15, 0.2) is 12.6 Å². The number of rotatable bonds is 13. The van der Waals surface area contributed by atoms with Crippen molar-refractivity contribution in [2.24, 2.45) is 5.41 Å². The molecule has 0 spiro atoms. The van der Waals surface area contributed by atoms with Crippen LogP contribution >= 0.6 is 0 Å². The minimum absolute atomic E-state index is 0.0260. The fraction of sp³-hybridized carbons (Fsp3) is 0.600. The van der Waals surface area contributed by atoms with Gasteiger partial charge >= 0.3 is 12.1 Å². The predicted octanol–water partition coefficient (Wildman–Crippen LogP) is 9.33. The Kier molecular flexibility index (Phi) is 13.4. The average Bonchev–Trinajstić information content (AvgIpc) is 3.96. The van der Waals surface area contributed by atoms with Crippen LogP contribution in [0.3, 0.4) is 0 Å². The first-order chi connectivity index (χ1) is 30.9. The summed E-state index contributed by atoms with van der Waals surface area (Å²) in [6, 6.07) is 6.39. The zero-order valence-corrected chi connectivity index (χ0v) is 40.9. The van der Waals surface area contributed by atoms with E-state index in [1.807, 2.05) is 25.7 Å². The molecule has 1 saturated carbocycles. The smallest absolute Gasteiger partial charge is 0.410 e. The van der Waals surface area contributed by atoms with E-state index in [4.69, 9.17) is 33.9 Å². The van der Waals surface area contributed by atoms with Crippen LogP contribution in [0.1, 0.15) is 93.6 Å². The molecule has 3 saturated heterocycles. The van der Waals surface area contributed by atoms with Crippen LogP contribution in [-0.2, 0) is 9.47 Å². The number of carbonyl (C=O) groups excluding carboxylic acids is 1. The lowest BCUT2D eigenvalue weighted by molar-refractivity contribution is 0.0122. The summed E-state index contributed by atoms with van der Waals surface area (Å²) in [5.74, 6) is 3.07. The van der Waals surface area contributed by atoms with Gasteiger partial charge in [-0.2, -0.15) is 9.97 Å². The van der Waals surface area contributed by atoms with Gasteiger partial charge in [-0.05, 0) is 86.7 Å². The molecular formula is C50H67F2N7O5Si. The summed E-state index contributed by atoms with van der Waals surface area (Å²) in [6.45, 7) is 25.0. The number of ether oxygens (including phenoxy) is 4. The molecule has 4 aromatic rings. The van der Waals surface area contributed by atoms with E-state index in [2.05, 4.69) is 68.1 Å². The lowest BCUT2D eigenvalue weighted by Gasteiger charge is -2.42. The molecule has 4 aliphatic rings. The second-order valence-corrected chi connectivity index (χ2v) is 26.3. The summed E-state index contributed by atoms with van der Waals surface area (Å²) < 4.78 is 57.9. The standard InChI is InChI=1S/C50H67F2N7O5Si/c1-31(2)65(32(3)4,33(5)6)22-15-38-41(51)14-11-34-23-37(63-30-61-10)24-39(42(34)38)44-43(52)45-40(25-54-44)46(58-26-35-12-13-36(27-58)59(35)48(60)64-49(7,8)9)56-47(55-45)62-29-50(16-17-50)28-57-20-18-53-19-21-57/h11,14,23-25,31-33,35-36,53H,12-13,16-21,26-30H2,1-10H3/t35-,36+. The molecule has 1 N–H and O–H groups in total. The number of methoxy groups -OCH3 is 1. The molecule has 2 bridgehead atoms. The maximum Gasteiger partial charge on any atom is 0.410 e. The maximum atomic E-state index is 17.9. The number of benzene rings is 2. The number of fused-ring (bicyclic) bond motifs is 4. The largest absolute Gasteiger partial charge is 0.468 e. The monoisotopic (exact) mass is 911 g/mol. The number of nitrogens with zero attached hydrogens (tertiary/aromatic N) is 6. The molecule has 5 heterocycles. The number of carbonyl (C=O) groups is 1. The van der Waals surface area contributed by atoms with Crippen LogP contribution in [-0.4, -0.2) is 123 Å². The van der Waals surface area contributed by atoms with Gasteiger partial charge in [-0.1, -0.05) is 53.5 Å². The van der Waals surface area contributed by atoms with Crippen molar-refractivity contribution in [2.75, 3.05) is 71.2 Å². The van der Waals surface area contributed by atoms with Crippen LogP contribution < -0.4 is 19.7 Å². The van der Waals surface area contributed by atoms with Crippen LogP contribution in [0.4, 0.5) is 19.4 Å².